The number of piperidine rings is 1. The summed E-state index contributed by atoms with van der Waals surface area (Å²) in [6, 6.07) is 16.6. The first-order valence-corrected chi connectivity index (χ1v) is 8.12. The molecule has 5 nitrogen and oxygen atoms in total. The van der Waals surface area contributed by atoms with Crippen LogP contribution in [0.25, 0.3) is 0 Å². The second-order valence-electron chi connectivity index (χ2n) is 5.93. The van der Waals surface area contributed by atoms with Crippen molar-refractivity contribution in [2.24, 2.45) is 5.10 Å². The smallest absolute Gasteiger partial charge is 0.271 e. The van der Waals surface area contributed by atoms with Crippen molar-refractivity contribution in [1.29, 1.82) is 0 Å². The molecule has 1 fully saturated rings. The lowest BCUT2D eigenvalue weighted by Gasteiger charge is -2.27. The van der Waals surface area contributed by atoms with Gasteiger partial charge in [-0.05, 0) is 29.8 Å². The Balaban J connectivity index is 1.48. The van der Waals surface area contributed by atoms with E-state index >= 15 is 0 Å². The molecule has 1 amide bonds. The summed E-state index contributed by atoms with van der Waals surface area (Å²) in [6.45, 7) is 2.85. The summed E-state index contributed by atoms with van der Waals surface area (Å²) >= 11 is 0. The molecule has 3 rings (SSSR count). The van der Waals surface area contributed by atoms with Crippen LogP contribution in [0.2, 0.25) is 0 Å². The molecule has 0 atom stereocenters. The number of carbonyl (C=O) groups is 1. The molecule has 0 unspecified atom stereocenters. The number of rotatable bonds is 4. The van der Waals surface area contributed by atoms with Crippen molar-refractivity contribution in [3.8, 4) is 5.75 Å². The molecule has 2 aromatic rings. The van der Waals surface area contributed by atoms with Gasteiger partial charge >= 0.3 is 0 Å². The molecule has 0 aromatic heterocycles. The highest BCUT2D eigenvalue weighted by Crippen LogP contribution is 2.12. The Labute approximate surface area is 141 Å². The highest BCUT2D eigenvalue weighted by Gasteiger charge is 2.15. The van der Waals surface area contributed by atoms with Gasteiger partial charge in [-0.15, -0.1) is 0 Å². The fourth-order valence-corrected chi connectivity index (χ4v) is 2.73. The van der Waals surface area contributed by atoms with Crippen LogP contribution < -0.4 is 5.43 Å². The highest BCUT2D eigenvalue weighted by molar-refractivity contribution is 5.95. The van der Waals surface area contributed by atoms with Crippen molar-refractivity contribution < 1.29 is 9.90 Å². The predicted molar refractivity (Wildman–Crippen MR) is 94.0 cm³/mol. The summed E-state index contributed by atoms with van der Waals surface area (Å²) in [7, 11) is 0. The first-order chi connectivity index (χ1) is 11.7. The van der Waals surface area contributed by atoms with Crippen LogP contribution in [0.4, 0.5) is 0 Å². The third-order valence-electron chi connectivity index (χ3n) is 4.13. The number of phenolic OH excluding ortho intramolecular Hbond substituents is 1. The maximum absolute atomic E-state index is 12.0. The summed E-state index contributed by atoms with van der Waals surface area (Å²) in [4.78, 5) is 14.4. The van der Waals surface area contributed by atoms with Gasteiger partial charge in [0.15, 0.2) is 0 Å². The molecule has 2 N–H and O–H groups in total. The van der Waals surface area contributed by atoms with Crippen molar-refractivity contribution in [1.82, 2.24) is 10.3 Å². The zero-order valence-corrected chi connectivity index (χ0v) is 13.5. The lowest BCUT2D eigenvalue weighted by molar-refractivity contribution is 0.0954. The second kappa shape index (κ2) is 7.75. The zero-order valence-electron chi connectivity index (χ0n) is 13.5. The van der Waals surface area contributed by atoms with Crippen LogP contribution in [-0.2, 0) is 6.54 Å². The minimum absolute atomic E-state index is 0.142. The van der Waals surface area contributed by atoms with E-state index in [1.54, 1.807) is 12.1 Å². The molecule has 124 valence electrons. The molecule has 0 bridgehead atoms. The molecule has 1 aliphatic heterocycles. The number of nitrogens with one attached hydrogen (secondary N) is 1. The molecule has 2 aromatic carbocycles. The number of hydrazone groups is 1. The van der Waals surface area contributed by atoms with Crippen molar-refractivity contribution in [2.75, 3.05) is 13.1 Å². The maximum Gasteiger partial charge on any atom is 0.271 e. The Morgan fingerprint density at radius 1 is 1.04 bits per heavy atom. The van der Waals surface area contributed by atoms with E-state index in [9.17, 15) is 9.90 Å². The number of hydrogen-bond donors (Lipinski definition) is 2. The number of nitrogens with zero attached hydrogens (tertiary/aromatic N) is 2. The number of likely N-dealkylation sites (tertiary alicyclic amines) is 1. The Bertz CT molecular complexity index is 701. The monoisotopic (exact) mass is 323 g/mol. The van der Waals surface area contributed by atoms with Crippen LogP contribution in [0.5, 0.6) is 5.75 Å². The van der Waals surface area contributed by atoms with Crippen LogP contribution in [0.15, 0.2) is 59.7 Å². The topological polar surface area (TPSA) is 64.9 Å². The summed E-state index contributed by atoms with van der Waals surface area (Å²) in [6.07, 6.45) is 1.73. The maximum atomic E-state index is 12.0. The molecule has 1 heterocycles. The van der Waals surface area contributed by atoms with Gasteiger partial charge in [0.05, 0.1) is 0 Å². The van der Waals surface area contributed by atoms with Gasteiger partial charge in [0.25, 0.3) is 5.91 Å². The van der Waals surface area contributed by atoms with E-state index in [1.807, 2.05) is 6.07 Å². The van der Waals surface area contributed by atoms with E-state index in [-0.39, 0.29) is 11.7 Å². The number of benzene rings is 2. The fraction of sp³-hybridized carbons (Fsp3) is 0.263. The molecular formula is C19H21N3O2. The first kappa shape index (κ1) is 16.2. The van der Waals surface area contributed by atoms with Crippen LogP contribution in [0, 0.1) is 0 Å². The van der Waals surface area contributed by atoms with E-state index in [1.165, 1.54) is 17.7 Å². The number of aromatic hydroxyl groups is 1. The van der Waals surface area contributed by atoms with Gasteiger partial charge in [0.1, 0.15) is 5.75 Å². The molecule has 24 heavy (non-hydrogen) atoms. The predicted octanol–water partition coefficient (Wildman–Crippen LogP) is 2.77. The van der Waals surface area contributed by atoms with Gasteiger partial charge in [-0.2, -0.15) is 5.10 Å². The molecule has 5 heteroatoms. The Hall–Kier alpha value is -2.66. The van der Waals surface area contributed by atoms with Gasteiger partial charge in [-0.1, -0.05) is 30.3 Å². The molecular weight excluding hydrogens is 302 g/mol. The van der Waals surface area contributed by atoms with Gasteiger partial charge in [-0.3, -0.25) is 9.69 Å². The van der Waals surface area contributed by atoms with Crippen LogP contribution >= 0.6 is 0 Å². The Kier molecular flexibility index (Phi) is 5.23. The van der Waals surface area contributed by atoms with Crippen molar-refractivity contribution in [3.63, 3.8) is 0 Å². The lowest BCUT2D eigenvalue weighted by Crippen LogP contribution is -2.34. The van der Waals surface area contributed by atoms with Crippen LogP contribution in [0.3, 0.4) is 0 Å². The van der Waals surface area contributed by atoms with Crippen molar-refractivity contribution in [3.05, 3.63) is 65.7 Å². The first-order valence-electron chi connectivity index (χ1n) is 8.12. The molecule has 0 radical (unpaired) electrons. The molecule has 0 aliphatic carbocycles. The summed E-state index contributed by atoms with van der Waals surface area (Å²) in [5.41, 5.74) is 5.42. The fourth-order valence-electron chi connectivity index (χ4n) is 2.73. The molecule has 0 spiro atoms. The third-order valence-corrected chi connectivity index (χ3v) is 4.13. The highest BCUT2D eigenvalue weighted by atomic mass is 16.3. The number of phenols is 1. The number of amides is 1. The Morgan fingerprint density at radius 2 is 1.71 bits per heavy atom. The van der Waals surface area contributed by atoms with E-state index in [0.717, 1.165) is 38.2 Å². The zero-order chi connectivity index (χ0) is 16.8. The number of hydrogen-bond acceptors (Lipinski definition) is 4. The summed E-state index contributed by atoms with van der Waals surface area (Å²) in [5.74, 6) is -0.113. The van der Waals surface area contributed by atoms with Gasteiger partial charge < -0.3 is 5.11 Å². The molecule has 1 aliphatic rings. The van der Waals surface area contributed by atoms with Gasteiger partial charge in [-0.25, -0.2) is 5.43 Å². The SMILES string of the molecule is O=C(NN=C1CCN(Cc2ccccc2)CC1)c1ccc(O)cc1. The largest absolute Gasteiger partial charge is 0.508 e. The van der Waals surface area contributed by atoms with Crippen molar-refractivity contribution in [2.45, 2.75) is 19.4 Å². The minimum Gasteiger partial charge on any atom is -0.508 e. The van der Waals surface area contributed by atoms with E-state index in [4.69, 9.17) is 0 Å². The number of carbonyl (C=O) groups excluding carboxylic acids is 1. The summed E-state index contributed by atoms with van der Waals surface area (Å²) in [5, 5.41) is 13.5. The molecule has 0 saturated carbocycles. The normalized spacial score (nSPS) is 15.1. The Morgan fingerprint density at radius 3 is 2.38 bits per heavy atom. The third kappa shape index (κ3) is 4.43. The average molecular weight is 323 g/mol. The molecule has 1 saturated heterocycles. The van der Waals surface area contributed by atoms with Crippen LogP contribution in [0.1, 0.15) is 28.8 Å². The lowest BCUT2D eigenvalue weighted by atomic mass is 10.1. The van der Waals surface area contributed by atoms with E-state index in [0.29, 0.717) is 5.56 Å². The van der Waals surface area contributed by atoms with Crippen molar-refractivity contribution >= 4 is 11.6 Å². The van der Waals surface area contributed by atoms with Crippen LogP contribution in [-0.4, -0.2) is 34.7 Å². The second-order valence-corrected chi connectivity index (χ2v) is 5.93. The average Bonchev–Trinajstić information content (AvgIpc) is 2.62. The standard InChI is InChI=1S/C19H21N3O2/c23-18-8-6-16(7-9-18)19(24)21-20-17-10-12-22(13-11-17)14-15-4-2-1-3-5-15/h1-9,23H,10-14H2,(H,21,24). The minimum atomic E-state index is -0.255. The van der Waals surface area contributed by atoms with Gasteiger partial charge in [0, 0.05) is 43.8 Å². The van der Waals surface area contributed by atoms with E-state index < -0.39 is 0 Å². The summed E-state index contributed by atoms with van der Waals surface area (Å²) < 4.78 is 0. The van der Waals surface area contributed by atoms with E-state index in [2.05, 4.69) is 39.7 Å². The quantitative estimate of drug-likeness (QED) is 0.850. The van der Waals surface area contributed by atoms with Gasteiger partial charge in [0.2, 0.25) is 0 Å².